The summed E-state index contributed by atoms with van der Waals surface area (Å²) in [7, 11) is 1.40. The Morgan fingerprint density at radius 2 is 2.26 bits per heavy atom. The van der Waals surface area contributed by atoms with Crippen LogP contribution in [0, 0.1) is 0 Å². The summed E-state index contributed by atoms with van der Waals surface area (Å²) in [6.07, 6.45) is 3.22. The van der Waals surface area contributed by atoms with Crippen molar-refractivity contribution in [3.8, 4) is 5.75 Å². The van der Waals surface area contributed by atoms with E-state index in [0.717, 1.165) is 25.0 Å². The number of carbonyl (C=O) groups excluding carboxylic acids is 1. The standard InChI is InChI=1S/C15H21NO3/c1-3-11-5-4-6-13(9-11)19-10-14(15(17)18-2)16-12-7-8-12/h4-6,9,12,14,16H,3,7-8,10H2,1-2H3. The van der Waals surface area contributed by atoms with E-state index in [1.807, 2.05) is 18.2 Å². The van der Waals surface area contributed by atoms with E-state index in [0.29, 0.717) is 12.6 Å². The molecule has 0 heterocycles. The van der Waals surface area contributed by atoms with Gasteiger partial charge in [-0.25, -0.2) is 0 Å². The lowest BCUT2D eigenvalue weighted by molar-refractivity contribution is -0.144. The highest BCUT2D eigenvalue weighted by atomic mass is 16.5. The van der Waals surface area contributed by atoms with Crippen LogP contribution in [0.15, 0.2) is 24.3 Å². The summed E-state index contributed by atoms with van der Waals surface area (Å²) in [5.41, 5.74) is 1.22. The first-order chi connectivity index (χ1) is 9.22. The third-order valence-electron chi connectivity index (χ3n) is 3.22. The Kier molecular flexibility index (Phi) is 4.80. The molecule has 1 unspecified atom stereocenters. The van der Waals surface area contributed by atoms with Gasteiger partial charge in [-0.15, -0.1) is 0 Å². The molecule has 1 fully saturated rings. The van der Waals surface area contributed by atoms with Gasteiger partial charge in [0.05, 0.1) is 7.11 Å². The number of ether oxygens (including phenoxy) is 2. The molecule has 104 valence electrons. The zero-order chi connectivity index (χ0) is 13.7. The Morgan fingerprint density at radius 3 is 2.89 bits per heavy atom. The Bertz CT molecular complexity index is 429. The van der Waals surface area contributed by atoms with Crippen molar-refractivity contribution < 1.29 is 14.3 Å². The maximum atomic E-state index is 11.7. The van der Waals surface area contributed by atoms with Gasteiger partial charge >= 0.3 is 5.97 Å². The molecule has 4 heteroatoms. The maximum Gasteiger partial charge on any atom is 0.326 e. The highest BCUT2D eigenvalue weighted by Gasteiger charge is 2.29. The molecule has 1 aliphatic rings. The van der Waals surface area contributed by atoms with Crippen molar-refractivity contribution in [3.05, 3.63) is 29.8 Å². The molecule has 1 aromatic carbocycles. The molecule has 1 aliphatic carbocycles. The lowest BCUT2D eigenvalue weighted by Gasteiger charge is -2.17. The van der Waals surface area contributed by atoms with E-state index in [9.17, 15) is 4.79 Å². The average molecular weight is 263 g/mol. The lowest BCUT2D eigenvalue weighted by Crippen LogP contribution is -2.43. The minimum absolute atomic E-state index is 0.265. The van der Waals surface area contributed by atoms with Gasteiger partial charge in [0.15, 0.2) is 0 Å². The summed E-state index contributed by atoms with van der Waals surface area (Å²) in [6, 6.07) is 8.00. The third-order valence-corrected chi connectivity index (χ3v) is 3.22. The zero-order valence-electron chi connectivity index (χ0n) is 11.5. The van der Waals surface area contributed by atoms with Gasteiger partial charge in [0.1, 0.15) is 18.4 Å². The molecule has 19 heavy (non-hydrogen) atoms. The smallest absolute Gasteiger partial charge is 0.326 e. The van der Waals surface area contributed by atoms with E-state index in [-0.39, 0.29) is 12.0 Å². The van der Waals surface area contributed by atoms with Gasteiger partial charge in [-0.3, -0.25) is 10.1 Å². The Labute approximate surface area is 114 Å². The summed E-state index contributed by atoms with van der Waals surface area (Å²) in [6.45, 7) is 2.40. The molecule has 0 aromatic heterocycles. The fraction of sp³-hybridized carbons (Fsp3) is 0.533. The van der Waals surface area contributed by atoms with Crippen molar-refractivity contribution in [2.45, 2.75) is 38.3 Å². The number of rotatable bonds is 7. The van der Waals surface area contributed by atoms with Gasteiger partial charge < -0.3 is 9.47 Å². The first-order valence-electron chi connectivity index (χ1n) is 6.78. The van der Waals surface area contributed by atoms with Gasteiger partial charge in [-0.1, -0.05) is 19.1 Å². The number of hydrogen-bond acceptors (Lipinski definition) is 4. The number of benzene rings is 1. The van der Waals surface area contributed by atoms with E-state index in [4.69, 9.17) is 9.47 Å². The summed E-state index contributed by atoms with van der Waals surface area (Å²) in [5, 5.41) is 3.24. The average Bonchev–Trinajstić information content (AvgIpc) is 3.26. The monoisotopic (exact) mass is 263 g/mol. The molecule has 0 radical (unpaired) electrons. The van der Waals surface area contributed by atoms with E-state index < -0.39 is 0 Å². The Morgan fingerprint density at radius 1 is 1.47 bits per heavy atom. The minimum atomic E-state index is -0.386. The maximum absolute atomic E-state index is 11.7. The van der Waals surface area contributed by atoms with Gasteiger partial charge in [0, 0.05) is 6.04 Å². The molecule has 4 nitrogen and oxygen atoms in total. The van der Waals surface area contributed by atoms with Gasteiger partial charge in [-0.2, -0.15) is 0 Å². The quantitative estimate of drug-likeness (QED) is 0.764. The molecule has 1 N–H and O–H groups in total. The molecular weight excluding hydrogens is 242 g/mol. The second kappa shape index (κ2) is 6.57. The molecule has 2 rings (SSSR count). The summed E-state index contributed by atoms with van der Waals surface area (Å²) in [4.78, 5) is 11.7. The minimum Gasteiger partial charge on any atom is -0.491 e. The molecule has 0 spiro atoms. The fourth-order valence-corrected chi connectivity index (χ4v) is 1.90. The number of hydrogen-bond donors (Lipinski definition) is 1. The van der Waals surface area contributed by atoms with Crippen LogP contribution in [0.4, 0.5) is 0 Å². The molecular formula is C15H21NO3. The van der Waals surface area contributed by atoms with Crippen LogP contribution in [0.2, 0.25) is 0 Å². The molecule has 0 aliphatic heterocycles. The number of carbonyl (C=O) groups is 1. The summed E-state index contributed by atoms with van der Waals surface area (Å²) in [5.74, 6) is 0.532. The van der Waals surface area contributed by atoms with Crippen LogP contribution >= 0.6 is 0 Å². The third kappa shape index (κ3) is 4.24. The van der Waals surface area contributed by atoms with E-state index in [1.54, 1.807) is 0 Å². The number of aryl methyl sites for hydroxylation is 1. The fourth-order valence-electron chi connectivity index (χ4n) is 1.90. The molecule has 0 saturated heterocycles. The van der Waals surface area contributed by atoms with Crippen molar-refractivity contribution in [2.24, 2.45) is 0 Å². The Balaban J connectivity index is 1.90. The normalized spacial score (nSPS) is 15.9. The van der Waals surface area contributed by atoms with Gasteiger partial charge in [0.25, 0.3) is 0 Å². The highest BCUT2D eigenvalue weighted by molar-refractivity contribution is 5.75. The van der Waals surface area contributed by atoms with Crippen LogP contribution in [-0.2, 0) is 16.0 Å². The SMILES string of the molecule is CCc1cccc(OCC(NC2CC2)C(=O)OC)c1. The van der Waals surface area contributed by atoms with Crippen LogP contribution in [-0.4, -0.2) is 31.8 Å². The molecule has 1 aromatic rings. The highest BCUT2D eigenvalue weighted by Crippen LogP contribution is 2.20. The topological polar surface area (TPSA) is 47.6 Å². The first kappa shape index (κ1) is 13.9. The van der Waals surface area contributed by atoms with E-state index in [1.165, 1.54) is 12.7 Å². The molecule has 0 amide bonds. The van der Waals surface area contributed by atoms with Crippen LogP contribution in [0.3, 0.4) is 0 Å². The second-order valence-corrected chi connectivity index (χ2v) is 4.83. The van der Waals surface area contributed by atoms with Crippen LogP contribution in [0.5, 0.6) is 5.75 Å². The largest absolute Gasteiger partial charge is 0.491 e. The van der Waals surface area contributed by atoms with Crippen LogP contribution in [0.25, 0.3) is 0 Å². The van der Waals surface area contributed by atoms with Crippen molar-refractivity contribution >= 4 is 5.97 Å². The molecule has 1 saturated carbocycles. The predicted molar refractivity (Wildman–Crippen MR) is 73.3 cm³/mol. The zero-order valence-corrected chi connectivity index (χ0v) is 11.5. The molecule has 1 atom stereocenters. The summed E-state index contributed by atoms with van der Waals surface area (Å²) < 4.78 is 10.5. The second-order valence-electron chi connectivity index (χ2n) is 4.83. The van der Waals surface area contributed by atoms with E-state index >= 15 is 0 Å². The van der Waals surface area contributed by atoms with Crippen molar-refractivity contribution in [1.29, 1.82) is 0 Å². The van der Waals surface area contributed by atoms with Crippen LogP contribution in [0.1, 0.15) is 25.3 Å². The van der Waals surface area contributed by atoms with Crippen molar-refractivity contribution in [2.75, 3.05) is 13.7 Å². The molecule has 0 bridgehead atoms. The lowest BCUT2D eigenvalue weighted by atomic mass is 10.2. The van der Waals surface area contributed by atoms with Gasteiger partial charge in [-0.05, 0) is 37.0 Å². The van der Waals surface area contributed by atoms with Gasteiger partial charge in [0.2, 0.25) is 0 Å². The number of esters is 1. The first-order valence-corrected chi connectivity index (χ1v) is 6.78. The van der Waals surface area contributed by atoms with Crippen molar-refractivity contribution in [3.63, 3.8) is 0 Å². The van der Waals surface area contributed by atoms with E-state index in [2.05, 4.69) is 18.3 Å². The van der Waals surface area contributed by atoms with Crippen molar-refractivity contribution in [1.82, 2.24) is 5.32 Å². The number of nitrogens with one attached hydrogen (secondary N) is 1. The predicted octanol–water partition coefficient (Wildman–Crippen LogP) is 1.92. The Hall–Kier alpha value is -1.55. The van der Waals surface area contributed by atoms with Crippen LogP contribution < -0.4 is 10.1 Å². The summed E-state index contributed by atoms with van der Waals surface area (Å²) >= 11 is 0. The number of methoxy groups -OCH3 is 1.